The van der Waals surface area contributed by atoms with Gasteiger partial charge in [-0.1, -0.05) is 36.1 Å². The van der Waals surface area contributed by atoms with Gasteiger partial charge in [-0.15, -0.1) is 0 Å². The molecule has 0 aliphatic carbocycles. The number of anilines is 1. The van der Waals surface area contributed by atoms with E-state index >= 15 is 0 Å². The van der Waals surface area contributed by atoms with Gasteiger partial charge in [-0.25, -0.2) is 4.79 Å². The van der Waals surface area contributed by atoms with E-state index in [1.54, 1.807) is 25.3 Å². The highest BCUT2D eigenvalue weighted by atomic mass is 32.2. The Hall–Kier alpha value is -2.84. The van der Waals surface area contributed by atoms with Crippen LogP contribution in [0, 0.1) is 0 Å². The van der Waals surface area contributed by atoms with Crippen molar-refractivity contribution in [1.29, 1.82) is 0 Å². The highest BCUT2D eigenvalue weighted by Gasteiger charge is 2.33. The summed E-state index contributed by atoms with van der Waals surface area (Å²) in [5.41, 5.74) is 0.805. The molecular weight excluding hydrogens is 374 g/mol. The highest BCUT2D eigenvalue weighted by Crippen LogP contribution is 2.37. The third-order valence-electron chi connectivity index (χ3n) is 3.68. The van der Waals surface area contributed by atoms with Gasteiger partial charge in [0, 0.05) is 0 Å². The monoisotopic (exact) mass is 387 g/mol. The average molecular weight is 387 g/mol. The van der Waals surface area contributed by atoms with Gasteiger partial charge >= 0.3 is 5.97 Å². The van der Waals surface area contributed by atoms with Crippen molar-refractivity contribution in [3.05, 3.63) is 58.5 Å². The molecule has 0 bridgehead atoms. The van der Waals surface area contributed by atoms with Crippen LogP contribution in [0.3, 0.4) is 0 Å². The van der Waals surface area contributed by atoms with E-state index in [2.05, 4.69) is 0 Å². The van der Waals surface area contributed by atoms with E-state index in [4.69, 9.17) is 22.1 Å². The SMILES string of the molecule is COc1ccc(C=C2SC(=S)N(c3ccc(O)c(C(=O)O)c3)C2=O)cc1. The number of thioether (sulfide) groups is 1. The number of hydrogen-bond donors (Lipinski definition) is 2. The minimum Gasteiger partial charge on any atom is -0.507 e. The molecule has 1 saturated heterocycles. The molecule has 8 heteroatoms. The number of methoxy groups -OCH3 is 1. The maximum atomic E-state index is 12.7. The first kappa shape index (κ1) is 18.0. The Bertz CT molecular complexity index is 937. The summed E-state index contributed by atoms with van der Waals surface area (Å²) in [5.74, 6) is -1.30. The van der Waals surface area contributed by atoms with Gasteiger partial charge in [-0.3, -0.25) is 9.69 Å². The molecule has 1 amide bonds. The zero-order chi connectivity index (χ0) is 18.8. The second-order valence-corrected chi connectivity index (χ2v) is 6.97. The van der Waals surface area contributed by atoms with E-state index in [-0.39, 0.29) is 21.5 Å². The molecule has 1 aliphatic rings. The molecule has 2 N–H and O–H groups in total. The summed E-state index contributed by atoms with van der Waals surface area (Å²) in [6, 6.07) is 11.1. The molecule has 6 nitrogen and oxygen atoms in total. The Morgan fingerprint density at radius 3 is 2.54 bits per heavy atom. The Morgan fingerprint density at radius 2 is 1.92 bits per heavy atom. The van der Waals surface area contributed by atoms with Crippen LogP contribution in [0.1, 0.15) is 15.9 Å². The van der Waals surface area contributed by atoms with Crippen molar-refractivity contribution < 1.29 is 24.5 Å². The zero-order valence-corrected chi connectivity index (χ0v) is 15.1. The minimum atomic E-state index is -1.29. The third-order valence-corrected chi connectivity index (χ3v) is 4.98. The number of carboxylic acid groups (broad SMARTS) is 1. The van der Waals surface area contributed by atoms with Crippen LogP contribution in [0.4, 0.5) is 5.69 Å². The van der Waals surface area contributed by atoms with E-state index in [0.29, 0.717) is 16.3 Å². The number of hydrogen-bond acceptors (Lipinski definition) is 6. The number of nitrogens with zero attached hydrogens (tertiary/aromatic N) is 1. The molecule has 2 aromatic carbocycles. The standard InChI is InChI=1S/C18H13NO5S2/c1-24-12-5-2-10(3-6-12)8-15-16(21)19(18(25)26-15)11-4-7-14(20)13(9-11)17(22)23/h2-9,20H,1H3,(H,22,23). The summed E-state index contributed by atoms with van der Waals surface area (Å²) in [6.45, 7) is 0. The molecule has 2 aromatic rings. The van der Waals surface area contributed by atoms with Gasteiger partial charge in [-0.2, -0.15) is 0 Å². The fourth-order valence-electron chi connectivity index (χ4n) is 2.38. The fraction of sp³-hybridized carbons (Fsp3) is 0.0556. The number of aromatic hydroxyl groups is 1. The second-order valence-electron chi connectivity index (χ2n) is 5.30. The lowest BCUT2D eigenvalue weighted by Crippen LogP contribution is -2.27. The molecule has 0 spiro atoms. The van der Waals surface area contributed by atoms with Gasteiger partial charge in [0.2, 0.25) is 0 Å². The van der Waals surface area contributed by atoms with Gasteiger partial charge in [0.15, 0.2) is 4.32 Å². The predicted octanol–water partition coefficient (Wildman–Crippen LogP) is 3.50. The number of aromatic carboxylic acids is 1. The van der Waals surface area contributed by atoms with E-state index in [1.807, 2.05) is 12.1 Å². The van der Waals surface area contributed by atoms with Crippen LogP contribution in [0.25, 0.3) is 6.08 Å². The van der Waals surface area contributed by atoms with Gasteiger partial charge in [0.1, 0.15) is 17.1 Å². The maximum absolute atomic E-state index is 12.7. The summed E-state index contributed by atoms with van der Waals surface area (Å²) >= 11 is 6.40. The predicted molar refractivity (Wildman–Crippen MR) is 104 cm³/mol. The number of benzene rings is 2. The first-order chi connectivity index (χ1) is 12.4. The molecular formula is C18H13NO5S2. The maximum Gasteiger partial charge on any atom is 0.339 e. The molecule has 0 saturated carbocycles. The molecule has 0 atom stereocenters. The van der Waals surface area contributed by atoms with Crippen molar-refractivity contribution in [2.75, 3.05) is 12.0 Å². The number of amides is 1. The van der Waals surface area contributed by atoms with Crippen LogP contribution >= 0.6 is 24.0 Å². The first-order valence-corrected chi connectivity index (χ1v) is 8.61. The smallest absolute Gasteiger partial charge is 0.339 e. The van der Waals surface area contributed by atoms with E-state index < -0.39 is 5.97 Å². The first-order valence-electron chi connectivity index (χ1n) is 7.39. The number of thiocarbonyl (C=S) groups is 1. The Labute approximate surface area is 158 Å². The summed E-state index contributed by atoms with van der Waals surface area (Å²) in [4.78, 5) is 25.6. The van der Waals surface area contributed by atoms with Crippen LogP contribution < -0.4 is 9.64 Å². The van der Waals surface area contributed by atoms with Gasteiger partial charge in [-0.05, 0) is 42.0 Å². The van der Waals surface area contributed by atoms with Crippen molar-refractivity contribution in [2.24, 2.45) is 0 Å². The molecule has 1 aliphatic heterocycles. The van der Waals surface area contributed by atoms with Crippen LogP contribution in [-0.2, 0) is 4.79 Å². The quantitative estimate of drug-likeness (QED) is 0.613. The van der Waals surface area contributed by atoms with Crippen molar-refractivity contribution in [3.8, 4) is 11.5 Å². The molecule has 0 radical (unpaired) electrons. The number of rotatable bonds is 4. The van der Waals surface area contributed by atoms with Crippen LogP contribution in [0.15, 0.2) is 47.4 Å². The fourth-order valence-corrected chi connectivity index (χ4v) is 3.68. The van der Waals surface area contributed by atoms with Crippen LogP contribution in [0.2, 0.25) is 0 Å². The van der Waals surface area contributed by atoms with Crippen LogP contribution in [0.5, 0.6) is 11.5 Å². The number of ether oxygens (including phenoxy) is 1. The van der Waals surface area contributed by atoms with Crippen LogP contribution in [-0.4, -0.2) is 33.5 Å². The lowest BCUT2D eigenvalue weighted by atomic mass is 10.1. The van der Waals surface area contributed by atoms with Gasteiger partial charge in [0.25, 0.3) is 5.91 Å². The van der Waals surface area contributed by atoms with E-state index in [9.17, 15) is 14.7 Å². The summed E-state index contributed by atoms with van der Waals surface area (Å²) in [7, 11) is 1.57. The van der Waals surface area contributed by atoms with E-state index in [0.717, 1.165) is 17.3 Å². The number of carboxylic acids is 1. The van der Waals surface area contributed by atoms with Gasteiger partial charge in [0.05, 0.1) is 17.7 Å². The number of phenols is 1. The van der Waals surface area contributed by atoms with Gasteiger partial charge < -0.3 is 14.9 Å². The van der Waals surface area contributed by atoms with Crippen molar-refractivity contribution in [2.45, 2.75) is 0 Å². The lowest BCUT2D eigenvalue weighted by molar-refractivity contribution is -0.113. The van der Waals surface area contributed by atoms with Crippen molar-refractivity contribution in [1.82, 2.24) is 0 Å². The molecule has 3 rings (SSSR count). The Balaban J connectivity index is 1.92. The molecule has 132 valence electrons. The van der Waals surface area contributed by atoms with E-state index in [1.165, 1.54) is 23.1 Å². The largest absolute Gasteiger partial charge is 0.507 e. The zero-order valence-electron chi connectivity index (χ0n) is 13.5. The molecule has 26 heavy (non-hydrogen) atoms. The second kappa shape index (κ2) is 7.19. The Morgan fingerprint density at radius 1 is 1.23 bits per heavy atom. The Kier molecular flexibility index (Phi) is 4.97. The minimum absolute atomic E-state index is 0.289. The molecule has 0 aromatic heterocycles. The topological polar surface area (TPSA) is 87.1 Å². The molecule has 0 unspecified atom stereocenters. The third kappa shape index (κ3) is 3.42. The number of carbonyl (C=O) groups excluding carboxylic acids is 1. The average Bonchev–Trinajstić information content (AvgIpc) is 2.89. The summed E-state index contributed by atoms with van der Waals surface area (Å²) in [6.07, 6.45) is 1.71. The normalized spacial score (nSPS) is 15.6. The molecule has 1 heterocycles. The molecule has 1 fully saturated rings. The highest BCUT2D eigenvalue weighted by molar-refractivity contribution is 8.27. The van der Waals surface area contributed by atoms with Crippen molar-refractivity contribution >= 4 is 51.9 Å². The summed E-state index contributed by atoms with van der Waals surface area (Å²) < 4.78 is 5.39. The summed E-state index contributed by atoms with van der Waals surface area (Å²) in [5, 5.41) is 18.8. The van der Waals surface area contributed by atoms with Crippen molar-refractivity contribution in [3.63, 3.8) is 0 Å². The lowest BCUT2D eigenvalue weighted by Gasteiger charge is -2.15. The number of carbonyl (C=O) groups is 2.